The number of ether oxygens (including phenoxy) is 1. The summed E-state index contributed by atoms with van der Waals surface area (Å²) < 4.78 is 5.10. The summed E-state index contributed by atoms with van der Waals surface area (Å²) in [6, 6.07) is 0. The molecule has 64 valence electrons. The first kappa shape index (κ1) is 8.53. The zero-order chi connectivity index (χ0) is 8.27. The summed E-state index contributed by atoms with van der Waals surface area (Å²) in [7, 11) is 0. The predicted octanol–water partition coefficient (Wildman–Crippen LogP) is 0.677. The first-order chi connectivity index (χ1) is 5.24. The second-order valence-corrected chi connectivity index (χ2v) is 3.07. The molecule has 2 atom stereocenters. The number of hydrogen-bond donors (Lipinski definition) is 1. The molecule has 2 unspecified atom stereocenters. The number of nitrogens with two attached hydrogens (primary N) is 1. The third-order valence-electron chi connectivity index (χ3n) is 2.21. The Kier molecular flexibility index (Phi) is 2.88. The van der Waals surface area contributed by atoms with Gasteiger partial charge in [0.25, 0.3) is 0 Å². The van der Waals surface area contributed by atoms with Crippen molar-refractivity contribution in [2.24, 2.45) is 11.7 Å². The van der Waals surface area contributed by atoms with E-state index in [0.29, 0.717) is 12.5 Å². The minimum Gasteiger partial charge on any atom is -0.462 e. The first-order valence-electron chi connectivity index (χ1n) is 4.11. The van der Waals surface area contributed by atoms with E-state index in [1.54, 1.807) is 0 Å². The van der Waals surface area contributed by atoms with Crippen LogP contribution >= 0.6 is 0 Å². The third kappa shape index (κ3) is 2.19. The average Bonchev–Trinajstić information content (AvgIpc) is 2.34. The second kappa shape index (κ2) is 3.72. The Bertz CT molecular complexity index is 147. The lowest BCUT2D eigenvalue weighted by atomic mass is 10.1. The monoisotopic (exact) mass is 157 g/mol. The van der Waals surface area contributed by atoms with E-state index < -0.39 is 0 Å². The minimum absolute atomic E-state index is 0.0949. The first-order valence-corrected chi connectivity index (χ1v) is 4.11. The molecular weight excluding hydrogens is 142 g/mol. The van der Waals surface area contributed by atoms with Gasteiger partial charge in [-0.3, -0.25) is 4.79 Å². The SMILES string of the molecule is CC(=O)OC1CCCC1CN. The largest absolute Gasteiger partial charge is 0.462 e. The Balaban J connectivity index is 2.37. The molecule has 3 heteroatoms. The van der Waals surface area contributed by atoms with E-state index >= 15 is 0 Å². The van der Waals surface area contributed by atoms with E-state index in [4.69, 9.17) is 10.5 Å². The lowest BCUT2D eigenvalue weighted by molar-refractivity contribution is -0.147. The van der Waals surface area contributed by atoms with Crippen LogP contribution in [0, 0.1) is 5.92 Å². The molecular formula is C8H15NO2. The molecule has 2 N–H and O–H groups in total. The summed E-state index contributed by atoms with van der Waals surface area (Å²) in [6.45, 7) is 2.09. The number of carbonyl (C=O) groups excluding carboxylic acids is 1. The van der Waals surface area contributed by atoms with Gasteiger partial charge in [0.2, 0.25) is 0 Å². The average molecular weight is 157 g/mol. The summed E-state index contributed by atoms with van der Waals surface area (Å²) in [5.41, 5.74) is 5.51. The van der Waals surface area contributed by atoms with Crippen molar-refractivity contribution in [1.82, 2.24) is 0 Å². The van der Waals surface area contributed by atoms with Gasteiger partial charge in [-0.05, 0) is 25.8 Å². The standard InChI is InChI=1S/C8H15NO2/c1-6(10)11-8-4-2-3-7(8)5-9/h7-8H,2-5,9H2,1H3. The van der Waals surface area contributed by atoms with Crippen LogP contribution in [0.2, 0.25) is 0 Å². The van der Waals surface area contributed by atoms with E-state index in [1.807, 2.05) is 0 Å². The van der Waals surface area contributed by atoms with Crippen LogP contribution in [0.3, 0.4) is 0 Å². The fraction of sp³-hybridized carbons (Fsp3) is 0.875. The van der Waals surface area contributed by atoms with Gasteiger partial charge in [-0.1, -0.05) is 0 Å². The maximum absolute atomic E-state index is 10.6. The summed E-state index contributed by atoms with van der Waals surface area (Å²) in [5.74, 6) is 0.217. The summed E-state index contributed by atoms with van der Waals surface area (Å²) >= 11 is 0. The lowest BCUT2D eigenvalue weighted by Crippen LogP contribution is -2.26. The smallest absolute Gasteiger partial charge is 0.302 e. The zero-order valence-corrected chi connectivity index (χ0v) is 6.88. The van der Waals surface area contributed by atoms with E-state index in [9.17, 15) is 4.79 Å². The molecule has 0 heterocycles. The van der Waals surface area contributed by atoms with Crippen LogP contribution in [0.1, 0.15) is 26.2 Å². The Morgan fingerprint density at radius 1 is 1.64 bits per heavy atom. The summed E-state index contributed by atoms with van der Waals surface area (Å²) in [6.07, 6.45) is 3.33. The van der Waals surface area contributed by atoms with Gasteiger partial charge in [0.1, 0.15) is 6.10 Å². The van der Waals surface area contributed by atoms with Gasteiger partial charge < -0.3 is 10.5 Å². The third-order valence-corrected chi connectivity index (χ3v) is 2.21. The highest BCUT2D eigenvalue weighted by molar-refractivity contribution is 5.66. The Morgan fingerprint density at radius 2 is 2.36 bits per heavy atom. The maximum atomic E-state index is 10.6. The molecule has 0 aromatic rings. The van der Waals surface area contributed by atoms with E-state index in [-0.39, 0.29) is 12.1 Å². The molecule has 11 heavy (non-hydrogen) atoms. The van der Waals surface area contributed by atoms with Crippen molar-refractivity contribution < 1.29 is 9.53 Å². The normalized spacial score (nSPS) is 30.4. The van der Waals surface area contributed by atoms with Crippen LogP contribution in [0.15, 0.2) is 0 Å². The fourth-order valence-electron chi connectivity index (χ4n) is 1.64. The summed E-state index contributed by atoms with van der Waals surface area (Å²) in [4.78, 5) is 10.6. The van der Waals surface area contributed by atoms with Gasteiger partial charge in [-0.2, -0.15) is 0 Å². The van der Waals surface area contributed by atoms with Crippen LogP contribution in [-0.2, 0) is 9.53 Å². The van der Waals surface area contributed by atoms with Crippen molar-refractivity contribution in [3.05, 3.63) is 0 Å². The van der Waals surface area contributed by atoms with Gasteiger partial charge in [0.05, 0.1) is 0 Å². The molecule has 3 nitrogen and oxygen atoms in total. The van der Waals surface area contributed by atoms with Crippen LogP contribution in [0.4, 0.5) is 0 Å². The molecule has 0 aromatic carbocycles. The molecule has 1 aliphatic carbocycles. The molecule has 1 aliphatic rings. The van der Waals surface area contributed by atoms with Gasteiger partial charge in [-0.25, -0.2) is 0 Å². The molecule has 0 amide bonds. The highest BCUT2D eigenvalue weighted by atomic mass is 16.5. The van der Waals surface area contributed by atoms with E-state index in [1.165, 1.54) is 6.92 Å². The maximum Gasteiger partial charge on any atom is 0.302 e. The van der Waals surface area contributed by atoms with E-state index in [2.05, 4.69) is 0 Å². The molecule has 0 bridgehead atoms. The van der Waals surface area contributed by atoms with Crippen LogP contribution in [0.25, 0.3) is 0 Å². The quantitative estimate of drug-likeness (QED) is 0.599. The summed E-state index contributed by atoms with van der Waals surface area (Å²) in [5, 5.41) is 0. The van der Waals surface area contributed by atoms with Crippen LogP contribution in [-0.4, -0.2) is 18.6 Å². The molecule has 0 radical (unpaired) electrons. The van der Waals surface area contributed by atoms with Gasteiger partial charge >= 0.3 is 5.97 Å². The Morgan fingerprint density at radius 3 is 2.91 bits per heavy atom. The fourth-order valence-corrected chi connectivity index (χ4v) is 1.64. The van der Waals surface area contributed by atoms with Crippen molar-refractivity contribution in [2.75, 3.05) is 6.54 Å². The van der Waals surface area contributed by atoms with E-state index in [0.717, 1.165) is 19.3 Å². The molecule has 0 aliphatic heterocycles. The Hall–Kier alpha value is -0.570. The lowest BCUT2D eigenvalue weighted by Gasteiger charge is -2.16. The molecule has 1 fully saturated rings. The molecule has 0 aromatic heterocycles. The van der Waals surface area contributed by atoms with Crippen molar-refractivity contribution in [1.29, 1.82) is 0 Å². The molecule has 0 spiro atoms. The number of rotatable bonds is 2. The molecule has 1 saturated carbocycles. The van der Waals surface area contributed by atoms with Crippen LogP contribution in [0.5, 0.6) is 0 Å². The van der Waals surface area contributed by atoms with Crippen molar-refractivity contribution in [3.8, 4) is 0 Å². The van der Waals surface area contributed by atoms with Gasteiger partial charge in [-0.15, -0.1) is 0 Å². The highest BCUT2D eigenvalue weighted by Gasteiger charge is 2.28. The van der Waals surface area contributed by atoms with Crippen molar-refractivity contribution in [3.63, 3.8) is 0 Å². The Labute approximate surface area is 66.9 Å². The number of hydrogen-bond acceptors (Lipinski definition) is 3. The second-order valence-electron chi connectivity index (χ2n) is 3.07. The zero-order valence-electron chi connectivity index (χ0n) is 6.88. The van der Waals surface area contributed by atoms with Gasteiger partial charge in [0, 0.05) is 12.8 Å². The van der Waals surface area contributed by atoms with Gasteiger partial charge in [0.15, 0.2) is 0 Å². The number of esters is 1. The van der Waals surface area contributed by atoms with Crippen molar-refractivity contribution >= 4 is 5.97 Å². The minimum atomic E-state index is -0.185. The number of carbonyl (C=O) groups is 1. The molecule has 1 rings (SSSR count). The predicted molar refractivity (Wildman–Crippen MR) is 41.9 cm³/mol. The van der Waals surface area contributed by atoms with Crippen LogP contribution < -0.4 is 5.73 Å². The van der Waals surface area contributed by atoms with Crippen molar-refractivity contribution in [2.45, 2.75) is 32.3 Å². The molecule has 0 saturated heterocycles. The topological polar surface area (TPSA) is 52.3 Å². The highest BCUT2D eigenvalue weighted by Crippen LogP contribution is 2.27.